The molecular formula is C48H33N5. The molecule has 2 aromatic heterocycles. The van der Waals surface area contributed by atoms with Crippen LogP contribution in [0.2, 0.25) is 0 Å². The lowest BCUT2D eigenvalue weighted by Crippen LogP contribution is -2.24. The Morgan fingerprint density at radius 1 is 0.472 bits per heavy atom. The van der Waals surface area contributed by atoms with Gasteiger partial charge in [0.25, 0.3) is 0 Å². The minimum atomic E-state index is -0.176. The second-order valence-electron chi connectivity index (χ2n) is 13.3. The molecule has 0 amide bonds. The maximum absolute atomic E-state index is 5.34. The molecule has 0 saturated carbocycles. The zero-order valence-corrected chi connectivity index (χ0v) is 28.8. The number of benzene rings is 7. The van der Waals surface area contributed by atoms with Crippen molar-refractivity contribution in [1.29, 1.82) is 0 Å². The number of pyridine rings is 1. The highest BCUT2D eigenvalue weighted by atomic mass is 15.1. The maximum atomic E-state index is 5.34. The highest BCUT2D eigenvalue weighted by Gasteiger charge is 2.22. The van der Waals surface area contributed by atoms with E-state index in [0.29, 0.717) is 0 Å². The van der Waals surface area contributed by atoms with Crippen LogP contribution in [-0.2, 0) is 0 Å². The van der Waals surface area contributed by atoms with Crippen molar-refractivity contribution in [2.45, 2.75) is 6.17 Å². The van der Waals surface area contributed by atoms with E-state index in [9.17, 15) is 0 Å². The average Bonchev–Trinajstić information content (AvgIpc) is 3.66. The van der Waals surface area contributed by atoms with Crippen molar-refractivity contribution in [3.05, 3.63) is 205 Å². The van der Waals surface area contributed by atoms with Crippen LogP contribution in [0.15, 0.2) is 193 Å². The Morgan fingerprint density at radius 2 is 1.04 bits per heavy atom. The van der Waals surface area contributed by atoms with Crippen molar-refractivity contribution in [3.63, 3.8) is 0 Å². The fourth-order valence-corrected chi connectivity index (χ4v) is 7.50. The molecule has 1 atom stereocenters. The van der Waals surface area contributed by atoms with Gasteiger partial charge in [-0.05, 0) is 58.2 Å². The number of nitrogens with one attached hydrogen (secondary N) is 1. The molecule has 0 bridgehead atoms. The minimum Gasteiger partial charge on any atom is -0.360 e. The SMILES string of the molecule is C1=C(c2ccc(-c3ccc(-n4c(-c5ccccc5)nc5c6ccccc6c6ncccc6c54)cc3)cc2)NC(c2ccccc2)N=C1c1ccccc1. The lowest BCUT2D eigenvalue weighted by atomic mass is 9.99. The van der Waals surface area contributed by atoms with E-state index in [-0.39, 0.29) is 6.17 Å². The number of imidazole rings is 1. The zero-order valence-electron chi connectivity index (χ0n) is 28.8. The number of fused-ring (bicyclic) bond motifs is 6. The predicted molar refractivity (Wildman–Crippen MR) is 218 cm³/mol. The minimum absolute atomic E-state index is 0.176. The summed E-state index contributed by atoms with van der Waals surface area (Å²) in [5.41, 5.74) is 12.7. The van der Waals surface area contributed by atoms with Gasteiger partial charge in [0.05, 0.1) is 22.3 Å². The molecule has 53 heavy (non-hydrogen) atoms. The molecule has 5 heteroatoms. The third kappa shape index (κ3) is 5.47. The Kier molecular flexibility index (Phi) is 7.47. The van der Waals surface area contributed by atoms with Crippen molar-refractivity contribution in [2.75, 3.05) is 0 Å². The Balaban J connectivity index is 1.04. The predicted octanol–water partition coefficient (Wildman–Crippen LogP) is 11.2. The van der Waals surface area contributed by atoms with E-state index >= 15 is 0 Å². The summed E-state index contributed by atoms with van der Waals surface area (Å²) in [6.45, 7) is 0. The smallest absolute Gasteiger partial charge is 0.145 e. The number of allylic oxidation sites excluding steroid dienone is 1. The molecule has 1 aliphatic heterocycles. The molecule has 250 valence electrons. The average molecular weight is 680 g/mol. The monoisotopic (exact) mass is 679 g/mol. The van der Waals surface area contributed by atoms with Crippen molar-refractivity contribution in [1.82, 2.24) is 19.9 Å². The van der Waals surface area contributed by atoms with Crippen molar-refractivity contribution >= 4 is 44.1 Å². The van der Waals surface area contributed by atoms with E-state index < -0.39 is 0 Å². The first-order valence-corrected chi connectivity index (χ1v) is 17.9. The molecule has 0 spiro atoms. The molecule has 3 heterocycles. The van der Waals surface area contributed by atoms with Gasteiger partial charge in [0.15, 0.2) is 0 Å². The van der Waals surface area contributed by atoms with Gasteiger partial charge in [0.1, 0.15) is 12.0 Å². The van der Waals surface area contributed by atoms with Crippen LogP contribution in [0.4, 0.5) is 0 Å². The van der Waals surface area contributed by atoms with Gasteiger partial charge in [0, 0.05) is 39.3 Å². The third-order valence-corrected chi connectivity index (χ3v) is 10.1. The highest BCUT2D eigenvalue weighted by Crippen LogP contribution is 2.39. The second kappa shape index (κ2) is 12.9. The molecule has 9 aromatic rings. The number of hydrogen-bond donors (Lipinski definition) is 1. The van der Waals surface area contributed by atoms with Crippen LogP contribution in [0.25, 0.3) is 66.6 Å². The van der Waals surface area contributed by atoms with Crippen molar-refractivity contribution in [2.24, 2.45) is 4.99 Å². The first kappa shape index (κ1) is 30.7. The maximum Gasteiger partial charge on any atom is 0.145 e. The summed E-state index contributed by atoms with van der Waals surface area (Å²) >= 11 is 0. The summed E-state index contributed by atoms with van der Waals surface area (Å²) < 4.78 is 2.30. The Labute approximate surface area is 307 Å². The van der Waals surface area contributed by atoms with Crippen LogP contribution in [0.3, 0.4) is 0 Å². The molecule has 1 N–H and O–H groups in total. The van der Waals surface area contributed by atoms with Crippen molar-refractivity contribution in [3.8, 4) is 28.2 Å². The van der Waals surface area contributed by atoms with Crippen LogP contribution in [0, 0.1) is 0 Å². The van der Waals surface area contributed by atoms with Gasteiger partial charge in [0.2, 0.25) is 0 Å². The molecule has 0 aliphatic carbocycles. The van der Waals surface area contributed by atoms with Gasteiger partial charge >= 0.3 is 0 Å². The largest absolute Gasteiger partial charge is 0.360 e. The molecule has 1 unspecified atom stereocenters. The van der Waals surface area contributed by atoms with Crippen LogP contribution in [0.1, 0.15) is 22.9 Å². The fourth-order valence-electron chi connectivity index (χ4n) is 7.50. The van der Waals surface area contributed by atoms with E-state index in [1.807, 2.05) is 30.5 Å². The lowest BCUT2D eigenvalue weighted by molar-refractivity contribution is 0.664. The number of rotatable bonds is 6. The summed E-state index contributed by atoms with van der Waals surface area (Å²) in [4.78, 5) is 15.3. The molecule has 0 fully saturated rings. The van der Waals surface area contributed by atoms with Gasteiger partial charge < -0.3 is 5.32 Å². The zero-order chi connectivity index (χ0) is 35.1. The lowest BCUT2D eigenvalue weighted by Gasteiger charge is -2.25. The molecule has 7 aromatic carbocycles. The number of nitrogens with zero attached hydrogens (tertiary/aromatic N) is 4. The second-order valence-corrected chi connectivity index (χ2v) is 13.3. The first-order chi connectivity index (χ1) is 26.3. The summed E-state index contributed by atoms with van der Waals surface area (Å²) in [6, 6.07) is 61.5. The van der Waals surface area contributed by atoms with Crippen LogP contribution >= 0.6 is 0 Å². The molecule has 5 nitrogen and oxygen atoms in total. The highest BCUT2D eigenvalue weighted by molar-refractivity contribution is 6.23. The van der Waals surface area contributed by atoms with Crippen LogP contribution < -0.4 is 5.32 Å². The summed E-state index contributed by atoms with van der Waals surface area (Å²) in [5.74, 6) is 0.902. The first-order valence-electron chi connectivity index (χ1n) is 17.9. The van der Waals surface area contributed by atoms with E-state index in [1.54, 1.807) is 0 Å². The summed E-state index contributed by atoms with van der Waals surface area (Å²) in [5, 5.41) is 6.97. The number of hydrogen-bond acceptors (Lipinski definition) is 4. The molecule has 0 saturated heterocycles. The number of aromatic nitrogens is 3. The molecule has 10 rings (SSSR count). The Morgan fingerprint density at radius 3 is 1.74 bits per heavy atom. The van der Waals surface area contributed by atoms with Gasteiger partial charge in [-0.2, -0.15) is 0 Å². The van der Waals surface area contributed by atoms with Gasteiger partial charge in [-0.25, -0.2) is 4.98 Å². The van der Waals surface area contributed by atoms with Gasteiger partial charge in [-0.15, -0.1) is 0 Å². The number of aliphatic imine (C=N–C) groups is 1. The van der Waals surface area contributed by atoms with Crippen LogP contribution in [0.5, 0.6) is 0 Å². The van der Waals surface area contributed by atoms with Crippen molar-refractivity contribution < 1.29 is 0 Å². The van der Waals surface area contributed by atoms with Gasteiger partial charge in [-0.1, -0.05) is 152 Å². The topological polar surface area (TPSA) is 55.1 Å². The molecular weight excluding hydrogens is 647 g/mol. The van der Waals surface area contributed by atoms with E-state index in [0.717, 1.165) is 89.0 Å². The van der Waals surface area contributed by atoms with E-state index in [1.165, 1.54) is 0 Å². The molecule has 0 radical (unpaired) electrons. The van der Waals surface area contributed by atoms with Gasteiger partial charge in [-0.3, -0.25) is 14.5 Å². The van der Waals surface area contributed by atoms with E-state index in [4.69, 9.17) is 15.0 Å². The fraction of sp³-hybridized carbons (Fsp3) is 0.0208. The normalized spacial score (nSPS) is 14.2. The Hall–Kier alpha value is -7.11. The molecule has 1 aliphatic rings. The Bertz CT molecular complexity index is 2820. The third-order valence-electron chi connectivity index (χ3n) is 10.1. The van der Waals surface area contributed by atoms with E-state index in [2.05, 4.69) is 168 Å². The standard InChI is InChI=1S/C48H33N5/c1-4-13-34(14-5-1)42-31-43(51-47(50-42)36-15-6-2-7-16-36)35-24-22-32(23-25-35)33-26-28-38(29-27-33)53-46-41-21-12-30-49-44(41)39-19-10-11-20-40(39)45(46)52-48(53)37-17-8-3-9-18-37/h1-31,47,51H. The summed E-state index contributed by atoms with van der Waals surface area (Å²) in [7, 11) is 0. The van der Waals surface area contributed by atoms with Crippen LogP contribution in [-0.4, -0.2) is 20.2 Å². The quantitative estimate of drug-likeness (QED) is 0.178. The summed E-state index contributed by atoms with van der Waals surface area (Å²) in [6.07, 6.45) is 3.85.